The third kappa shape index (κ3) is 3.21. The molecular weight excluding hydrogens is 272 g/mol. The molecule has 1 N–H and O–H groups in total. The van der Waals surface area contributed by atoms with Crippen molar-refractivity contribution in [3.8, 4) is 0 Å². The number of nitrogens with zero attached hydrogens (tertiary/aromatic N) is 2. The van der Waals surface area contributed by atoms with E-state index in [0.29, 0.717) is 19.4 Å². The van der Waals surface area contributed by atoms with E-state index in [2.05, 4.69) is 0 Å². The van der Waals surface area contributed by atoms with Crippen molar-refractivity contribution >= 4 is 23.5 Å². The van der Waals surface area contributed by atoms with Gasteiger partial charge in [-0.3, -0.25) is 9.59 Å². The molecule has 0 atom stereocenters. The van der Waals surface area contributed by atoms with Gasteiger partial charge in [-0.05, 0) is 30.2 Å². The molecule has 0 aliphatic carbocycles. The second kappa shape index (κ2) is 5.95. The fraction of sp³-hybridized carbons (Fsp3) is 0.400. The van der Waals surface area contributed by atoms with Gasteiger partial charge < -0.3 is 14.9 Å². The van der Waals surface area contributed by atoms with Crippen molar-refractivity contribution in [2.75, 3.05) is 25.5 Å². The second-order valence-corrected chi connectivity index (χ2v) is 5.26. The molecule has 0 saturated heterocycles. The summed E-state index contributed by atoms with van der Waals surface area (Å²) in [6.45, 7) is 0.470. The molecular formula is C15H18N2O4. The van der Waals surface area contributed by atoms with Gasteiger partial charge in [0.15, 0.2) is 0 Å². The van der Waals surface area contributed by atoms with Gasteiger partial charge in [0, 0.05) is 32.7 Å². The van der Waals surface area contributed by atoms with Crippen LogP contribution in [0.3, 0.4) is 0 Å². The highest BCUT2D eigenvalue weighted by atomic mass is 16.4. The summed E-state index contributed by atoms with van der Waals surface area (Å²) >= 11 is 0. The van der Waals surface area contributed by atoms with Crippen LogP contribution in [0.1, 0.15) is 28.8 Å². The normalized spacial score (nSPS) is 13.2. The number of fused-ring (bicyclic) bond motifs is 1. The van der Waals surface area contributed by atoms with Gasteiger partial charge in [-0.15, -0.1) is 0 Å². The van der Waals surface area contributed by atoms with Crippen LogP contribution in [0, 0.1) is 0 Å². The summed E-state index contributed by atoms with van der Waals surface area (Å²) in [5.41, 5.74) is 1.67. The summed E-state index contributed by atoms with van der Waals surface area (Å²) < 4.78 is 0. The molecule has 1 heterocycles. The number of carbonyl (C=O) groups is 3. The summed E-state index contributed by atoms with van der Waals surface area (Å²) in [5.74, 6) is -1.02. The Bertz CT molecular complexity index is 595. The highest BCUT2D eigenvalue weighted by Gasteiger charge is 2.27. The lowest BCUT2D eigenvalue weighted by atomic mass is 10.1. The van der Waals surface area contributed by atoms with Crippen LogP contribution in [-0.4, -0.2) is 48.4 Å². The lowest BCUT2D eigenvalue weighted by Crippen LogP contribution is -2.29. The third-order valence-electron chi connectivity index (χ3n) is 3.53. The van der Waals surface area contributed by atoms with Crippen LogP contribution in [0.15, 0.2) is 18.2 Å². The molecule has 0 aromatic heterocycles. The zero-order valence-electron chi connectivity index (χ0n) is 12.1. The molecule has 0 radical (unpaired) electrons. The lowest BCUT2D eigenvalue weighted by molar-refractivity contribution is -0.128. The van der Waals surface area contributed by atoms with Crippen LogP contribution >= 0.6 is 0 Å². The summed E-state index contributed by atoms with van der Waals surface area (Å²) in [4.78, 5) is 37.6. The first-order chi connectivity index (χ1) is 9.90. The standard InChI is InChI=1S/C15H18N2O4/c1-16(2)13(18)4-3-7-17-12-6-5-10(15(20)21)8-11(12)9-14(17)19/h5-6,8H,3-4,7,9H2,1-2H3,(H,20,21). The summed E-state index contributed by atoms with van der Waals surface area (Å²) in [6, 6.07) is 4.70. The Morgan fingerprint density at radius 3 is 2.67 bits per heavy atom. The number of aromatic carboxylic acids is 1. The maximum Gasteiger partial charge on any atom is 0.335 e. The zero-order chi connectivity index (χ0) is 15.6. The number of hydrogen-bond donors (Lipinski definition) is 1. The maximum absolute atomic E-state index is 12.0. The van der Waals surface area contributed by atoms with Crippen LogP contribution in [0.4, 0.5) is 5.69 Å². The number of benzene rings is 1. The van der Waals surface area contributed by atoms with E-state index in [1.54, 1.807) is 31.1 Å². The highest BCUT2D eigenvalue weighted by Crippen LogP contribution is 2.30. The highest BCUT2D eigenvalue weighted by molar-refractivity contribution is 6.02. The molecule has 1 aromatic carbocycles. The number of rotatable bonds is 5. The van der Waals surface area contributed by atoms with Gasteiger partial charge in [-0.2, -0.15) is 0 Å². The predicted molar refractivity (Wildman–Crippen MR) is 77.4 cm³/mol. The van der Waals surface area contributed by atoms with E-state index in [1.807, 2.05) is 0 Å². The van der Waals surface area contributed by atoms with Crippen molar-refractivity contribution in [3.05, 3.63) is 29.3 Å². The molecule has 112 valence electrons. The van der Waals surface area contributed by atoms with E-state index in [4.69, 9.17) is 5.11 Å². The molecule has 1 aromatic rings. The van der Waals surface area contributed by atoms with E-state index < -0.39 is 5.97 Å². The number of carboxylic acids is 1. The van der Waals surface area contributed by atoms with E-state index in [1.165, 1.54) is 11.0 Å². The van der Waals surface area contributed by atoms with Crippen molar-refractivity contribution in [2.45, 2.75) is 19.3 Å². The van der Waals surface area contributed by atoms with Crippen LogP contribution < -0.4 is 4.90 Å². The predicted octanol–water partition coefficient (Wildman–Crippen LogP) is 1.14. The number of amides is 2. The quantitative estimate of drug-likeness (QED) is 0.882. The van der Waals surface area contributed by atoms with Gasteiger partial charge in [-0.1, -0.05) is 0 Å². The summed E-state index contributed by atoms with van der Waals surface area (Å²) in [7, 11) is 3.40. The minimum absolute atomic E-state index is 0.0306. The maximum atomic E-state index is 12.0. The van der Waals surface area contributed by atoms with Crippen molar-refractivity contribution in [2.24, 2.45) is 0 Å². The van der Waals surface area contributed by atoms with Crippen LogP contribution in [0.2, 0.25) is 0 Å². The molecule has 2 amide bonds. The zero-order valence-corrected chi connectivity index (χ0v) is 12.1. The average Bonchev–Trinajstić information content (AvgIpc) is 2.73. The second-order valence-electron chi connectivity index (χ2n) is 5.26. The SMILES string of the molecule is CN(C)C(=O)CCCN1C(=O)Cc2cc(C(=O)O)ccc21. The average molecular weight is 290 g/mol. The van der Waals surface area contributed by atoms with E-state index >= 15 is 0 Å². The molecule has 21 heavy (non-hydrogen) atoms. The minimum Gasteiger partial charge on any atom is -0.478 e. The monoisotopic (exact) mass is 290 g/mol. The van der Waals surface area contributed by atoms with Gasteiger partial charge in [0.05, 0.1) is 12.0 Å². The van der Waals surface area contributed by atoms with Crippen molar-refractivity contribution in [1.29, 1.82) is 0 Å². The fourth-order valence-corrected chi connectivity index (χ4v) is 2.37. The van der Waals surface area contributed by atoms with Gasteiger partial charge >= 0.3 is 5.97 Å². The molecule has 0 unspecified atom stereocenters. The van der Waals surface area contributed by atoms with Crippen LogP contribution in [0.25, 0.3) is 0 Å². The number of carbonyl (C=O) groups excluding carboxylic acids is 2. The number of anilines is 1. The molecule has 6 heteroatoms. The van der Waals surface area contributed by atoms with Crippen molar-refractivity contribution in [1.82, 2.24) is 4.90 Å². The van der Waals surface area contributed by atoms with E-state index in [-0.39, 0.29) is 23.8 Å². The first-order valence-electron chi connectivity index (χ1n) is 6.77. The molecule has 2 rings (SSSR count). The molecule has 1 aliphatic heterocycles. The molecule has 6 nitrogen and oxygen atoms in total. The molecule has 0 fully saturated rings. The molecule has 0 spiro atoms. The van der Waals surface area contributed by atoms with Gasteiger partial charge in [0.25, 0.3) is 0 Å². The number of carboxylic acid groups (broad SMARTS) is 1. The van der Waals surface area contributed by atoms with Gasteiger partial charge in [-0.25, -0.2) is 4.79 Å². The smallest absolute Gasteiger partial charge is 0.335 e. The summed E-state index contributed by atoms with van der Waals surface area (Å²) in [6.07, 6.45) is 1.19. The van der Waals surface area contributed by atoms with E-state index in [9.17, 15) is 14.4 Å². The fourth-order valence-electron chi connectivity index (χ4n) is 2.37. The molecule has 1 aliphatic rings. The van der Waals surface area contributed by atoms with Crippen LogP contribution in [-0.2, 0) is 16.0 Å². The Morgan fingerprint density at radius 2 is 2.05 bits per heavy atom. The molecule has 0 saturated carbocycles. The van der Waals surface area contributed by atoms with Crippen molar-refractivity contribution in [3.63, 3.8) is 0 Å². The third-order valence-corrected chi connectivity index (χ3v) is 3.53. The largest absolute Gasteiger partial charge is 0.478 e. The van der Waals surface area contributed by atoms with Crippen molar-refractivity contribution < 1.29 is 19.5 Å². The first-order valence-corrected chi connectivity index (χ1v) is 6.77. The topological polar surface area (TPSA) is 77.9 Å². The molecule has 0 bridgehead atoms. The van der Waals surface area contributed by atoms with Gasteiger partial charge in [0.1, 0.15) is 0 Å². The number of hydrogen-bond acceptors (Lipinski definition) is 3. The minimum atomic E-state index is -1.000. The Balaban J connectivity index is 2.05. The Hall–Kier alpha value is -2.37. The van der Waals surface area contributed by atoms with Gasteiger partial charge in [0.2, 0.25) is 11.8 Å². The first kappa shape index (κ1) is 15.0. The van der Waals surface area contributed by atoms with Crippen LogP contribution in [0.5, 0.6) is 0 Å². The Labute approximate surface area is 123 Å². The summed E-state index contributed by atoms with van der Waals surface area (Å²) in [5, 5.41) is 8.96. The van der Waals surface area contributed by atoms with E-state index in [0.717, 1.165) is 11.3 Å². The Morgan fingerprint density at radius 1 is 1.33 bits per heavy atom. The lowest BCUT2D eigenvalue weighted by Gasteiger charge is -2.18. The Kier molecular flexibility index (Phi) is 4.26.